The molecule has 0 N–H and O–H groups in total. The van der Waals surface area contributed by atoms with E-state index in [1.54, 1.807) is 18.1 Å². The Labute approximate surface area is 101 Å². The van der Waals surface area contributed by atoms with Crippen molar-refractivity contribution in [3.63, 3.8) is 0 Å². The van der Waals surface area contributed by atoms with E-state index in [2.05, 4.69) is 37.9 Å². The molecule has 0 amide bonds. The summed E-state index contributed by atoms with van der Waals surface area (Å²) in [5.41, 5.74) is -0.153. The Bertz CT molecular complexity index is 386. The molecule has 1 aliphatic heterocycles. The first-order chi connectivity index (χ1) is 7.30. The summed E-state index contributed by atoms with van der Waals surface area (Å²) >= 11 is 1.76. The van der Waals surface area contributed by atoms with Gasteiger partial charge in [0.25, 0.3) is 0 Å². The fourth-order valence-electron chi connectivity index (χ4n) is 2.20. The van der Waals surface area contributed by atoms with Crippen molar-refractivity contribution in [2.24, 2.45) is 7.05 Å². The SMILES string of the molecule is Cn1cnnc1S[C@@H]1CC(C)(C)OC1(C)C. The van der Waals surface area contributed by atoms with Gasteiger partial charge in [0.05, 0.1) is 11.2 Å². The van der Waals surface area contributed by atoms with Gasteiger partial charge in [-0.1, -0.05) is 11.8 Å². The summed E-state index contributed by atoms with van der Waals surface area (Å²) in [7, 11) is 1.97. The molecule has 2 rings (SSSR count). The lowest BCUT2D eigenvalue weighted by Crippen LogP contribution is -2.31. The minimum atomic E-state index is -0.111. The van der Waals surface area contributed by atoms with E-state index in [1.807, 2.05) is 11.6 Å². The van der Waals surface area contributed by atoms with Gasteiger partial charge >= 0.3 is 0 Å². The van der Waals surface area contributed by atoms with Crippen molar-refractivity contribution in [1.82, 2.24) is 14.8 Å². The highest BCUT2D eigenvalue weighted by atomic mass is 32.2. The van der Waals surface area contributed by atoms with Crippen molar-refractivity contribution >= 4 is 11.8 Å². The van der Waals surface area contributed by atoms with E-state index in [0.717, 1.165) is 11.6 Å². The van der Waals surface area contributed by atoms with Gasteiger partial charge in [0.15, 0.2) is 5.16 Å². The van der Waals surface area contributed by atoms with Gasteiger partial charge in [-0.3, -0.25) is 0 Å². The van der Waals surface area contributed by atoms with E-state index < -0.39 is 0 Å². The molecule has 1 aromatic rings. The summed E-state index contributed by atoms with van der Waals surface area (Å²) in [6, 6.07) is 0. The van der Waals surface area contributed by atoms with Crippen LogP contribution in [-0.2, 0) is 11.8 Å². The molecule has 1 atom stereocenters. The fraction of sp³-hybridized carbons (Fsp3) is 0.818. The van der Waals surface area contributed by atoms with Gasteiger partial charge in [0.1, 0.15) is 6.33 Å². The van der Waals surface area contributed by atoms with Gasteiger partial charge in [-0.2, -0.15) is 0 Å². The number of hydrogen-bond donors (Lipinski definition) is 0. The van der Waals surface area contributed by atoms with Crippen LogP contribution < -0.4 is 0 Å². The second-order valence-electron chi connectivity index (χ2n) is 5.50. The smallest absolute Gasteiger partial charge is 0.191 e. The van der Waals surface area contributed by atoms with Crippen LogP contribution in [0.1, 0.15) is 34.1 Å². The quantitative estimate of drug-likeness (QED) is 0.796. The summed E-state index contributed by atoms with van der Waals surface area (Å²) in [4.78, 5) is 0. The summed E-state index contributed by atoms with van der Waals surface area (Å²) in [5.74, 6) is 0. The van der Waals surface area contributed by atoms with Crippen LogP contribution in [0.5, 0.6) is 0 Å². The lowest BCUT2D eigenvalue weighted by atomic mass is 10.0. The molecule has 0 saturated carbocycles. The van der Waals surface area contributed by atoms with Crippen LogP contribution in [0, 0.1) is 0 Å². The van der Waals surface area contributed by atoms with Crippen molar-refractivity contribution in [2.75, 3.05) is 0 Å². The number of aryl methyl sites for hydroxylation is 1. The first-order valence-corrected chi connectivity index (χ1v) is 6.39. The zero-order valence-electron chi connectivity index (χ0n) is 10.5. The van der Waals surface area contributed by atoms with E-state index in [-0.39, 0.29) is 11.2 Å². The zero-order chi connectivity index (χ0) is 12.0. The summed E-state index contributed by atoms with van der Waals surface area (Å²) in [5, 5.41) is 9.39. The molecule has 0 aliphatic carbocycles. The number of nitrogens with zero attached hydrogens (tertiary/aromatic N) is 3. The van der Waals surface area contributed by atoms with Crippen LogP contribution in [0.4, 0.5) is 0 Å². The topological polar surface area (TPSA) is 39.9 Å². The maximum atomic E-state index is 6.06. The van der Waals surface area contributed by atoms with Crippen LogP contribution in [0.2, 0.25) is 0 Å². The molecule has 0 bridgehead atoms. The van der Waals surface area contributed by atoms with Crippen molar-refractivity contribution in [2.45, 2.75) is 55.7 Å². The van der Waals surface area contributed by atoms with E-state index in [9.17, 15) is 0 Å². The average Bonchev–Trinajstić information content (AvgIpc) is 2.56. The molecule has 0 radical (unpaired) electrons. The molecule has 4 nitrogen and oxygen atoms in total. The standard InChI is InChI=1S/C11H19N3OS/c1-10(2)6-8(11(3,4)15-10)16-9-13-12-7-14(9)5/h7-8H,6H2,1-5H3/t8-/m1/s1. The Morgan fingerprint density at radius 1 is 1.44 bits per heavy atom. The number of hydrogen-bond acceptors (Lipinski definition) is 4. The lowest BCUT2D eigenvalue weighted by molar-refractivity contribution is -0.0631. The number of thioether (sulfide) groups is 1. The molecular weight excluding hydrogens is 222 g/mol. The Balaban J connectivity index is 2.14. The van der Waals surface area contributed by atoms with Crippen molar-refractivity contribution in [3.05, 3.63) is 6.33 Å². The van der Waals surface area contributed by atoms with E-state index in [4.69, 9.17) is 4.74 Å². The highest BCUT2D eigenvalue weighted by Gasteiger charge is 2.46. The molecule has 1 saturated heterocycles. The van der Waals surface area contributed by atoms with Gasteiger partial charge in [-0.25, -0.2) is 0 Å². The molecule has 5 heteroatoms. The van der Waals surface area contributed by atoms with Gasteiger partial charge in [0.2, 0.25) is 0 Å². The third-order valence-electron chi connectivity index (χ3n) is 2.91. The highest BCUT2D eigenvalue weighted by Crippen LogP contribution is 2.45. The second-order valence-corrected chi connectivity index (χ2v) is 6.67. The second kappa shape index (κ2) is 3.74. The van der Waals surface area contributed by atoms with Gasteiger partial charge < -0.3 is 9.30 Å². The average molecular weight is 241 g/mol. The molecule has 2 heterocycles. The van der Waals surface area contributed by atoms with Gasteiger partial charge in [-0.15, -0.1) is 10.2 Å². The predicted molar refractivity (Wildman–Crippen MR) is 64.5 cm³/mol. The Morgan fingerprint density at radius 2 is 2.12 bits per heavy atom. The largest absolute Gasteiger partial charge is 0.368 e. The summed E-state index contributed by atoms with van der Waals surface area (Å²) < 4.78 is 8.01. The zero-order valence-corrected chi connectivity index (χ0v) is 11.3. The third-order valence-corrected chi connectivity index (χ3v) is 4.51. The van der Waals surface area contributed by atoms with Crippen LogP contribution >= 0.6 is 11.8 Å². The first kappa shape index (κ1) is 11.9. The van der Waals surface area contributed by atoms with Crippen molar-refractivity contribution in [3.8, 4) is 0 Å². The number of rotatable bonds is 2. The minimum Gasteiger partial charge on any atom is -0.368 e. The Kier molecular flexibility index (Phi) is 2.78. The molecule has 0 aromatic carbocycles. The molecule has 0 unspecified atom stereocenters. The molecule has 16 heavy (non-hydrogen) atoms. The Morgan fingerprint density at radius 3 is 2.56 bits per heavy atom. The fourth-order valence-corrected chi connectivity index (χ4v) is 3.58. The molecule has 0 spiro atoms. The summed E-state index contributed by atoms with van der Waals surface area (Å²) in [6.45, 7) is 8.59. The van der Waals surface area contributed by atoms with Crippen molar-refractivity contribution < 1.29 is 4.74 Å². The van der Waals surface area contributed by atoms with Crippen LogP contribution in [-0.4, -0.2) is 31.2 Å². The normalized spacial score (nSPS) is 27.2. The van der Waals surface area contributed by atoms with Gasteiger partial charge in [0, 0.05) is 12.3 Å². The maximum absolute atomic E-state index is 6.06. The molecule has 1 aromatic heterocycles. The summed E-state index contributed by atoms with van der Waals surface area (Å²) in [6.07, 6.45) is 2.77. The third kappa shape index (κ3) is 2.25. The van der Waals surface area contributed by atoms with E-state index in [1.165, 1.54) is 0 Å². The number of aromatic nitrogens is 3. The predicted octanol–water partition coefficient (Wildman–Crippen LogP) is 2.25. The van der Waals surface area contributed by atoms with E-state index >= 15 is 0 Å². The highest BCUT2D eigenvalue weighted by molar-refractivity contribution is 7.99. The first-order valence-electron chi connectivity index (χ1n) is 5.51. The van der Waals surface area contributed by atoms with Crippen LogP contribution in [0.15, 0.2) is 11.5 Å². The Hall–Kier alpha value is -0.550. The monoisotopic (exact) mass is 241 g/mol. The van der Waals surface area contributed by atoms with Gasteiger partial charge in [-0.05, 0) is 34.1 Å². The number of ether oxygens (including phenoxy) is 1. The molecule has 90 valence electrons. The van der Waals surface area contributed by atoms with E-state index in [0.29, 0.717) is 5.25 Å². The molecule has 1 fully saturated rings. The minimum absolute atomic E-state index is 0.0419. The molecular formula is C11H19N3OS. The van der Waals surface area contributed by atoms with Crippen LogP contribution in [0.25, 0.3) is 0 Å². The molecule has 1 aliphatic rings. The lowest BCUT2D eigenvalue weighted by Gasteiger charge is -2.26. The van der Waals surface area contributed by atoms with Crippen molar-refractivity contribution in [1.29, 1.82) is 0 Å². The van der Waals surface area contributed by atoms with Crippen LogP contribution in [0.3, 0.4) is 0 Å². The maximum Gasteiger partial charge on any atom is 0.191 e.